The van der Waals surface area contributed by atoms with Gasteiger partial charge in [0.2, 0.25) is 0 Å². The summed E-state index contributed by atoms with van der Waals surface area (Å²) in [5.41, 5.74) is 6.60. The van der Waals surface area contributed by atoms with Gasteiger partial charge in [-0.1, -0.05) is 39.4 Å². The molecule has 0 bridgehead atoms. The third kappa shape index (κ3) is 2.59. The van der Waals surface area contributed by atoms with E-state index in [2.05, 4.69) is 25.7 Å². The largest absolute Gasteiger partial charge is 0.411 e. The number of ether oxygens (including phenoxy) is 1. The van der Waals surface area contributed by atoms with Crippen LogP contribution in [0.3, 0.4) is 0 Å². The molecule has 1 aromatic carbocycles. The summed E-state index contributed by atoms with van der Waals surface area (Å²) in [7, 11) is 0. The summed E-state index contributed by atoms with van der Waals surface area (Å²) in [5, 5.41) is 2.06. The monoisotopic (exact) mass is 298 g/mol. The first kappa shape index (κ1) is 11.1. The Kier molecular flexibility index (Phi) is 3.21. The number of hydrogen-bond acceptors (Lipinski definition) is 4. The van der Waals surface area contributed by atoms with Crippen LogP contribution in [-0.4, -0.2) is 11.1 Å². The molecule has 0 radical (unpaired) electrons. The van der Waals surface area contributed by atoms with E-state index in [1.807, 2.05) is 24.3 Å². The SMILES string of the molecule is NC(=O)Oc1nc(-c2cccc(Br)c2)cs1. The molecule has 0 saturated carbocycles. The van der Waals surface area contributed by atoms with E-state index in [1.165, 1.54) is 11.3 Å². The van der Waals surface area contributed by atoms with Crippen LogP contribution in [0.5, 0.6) is 5.19 Å². The van der Waals surface area contributed by atoms with Crippen LogP contribution in [0, 0.1) is 0 Å². The number of thiazole rings is 1. The van der Waals surface area contributed by atoms with Gasteiger partial charge in [0.25, 0.3) is 5.19 Å². The van der Waals surface area contributed by atoms with Gasteiger partial charge in [-0.3, -0.25) is 0 Å². The van der Waals surface area contributed by atoms with E-state index in [0.29, 0.717) is 0 Å². The lowest BCUT2D eigenvalue weighted by molar-refractivity contribution is 0.210. The number of halogens is 1. The number of hydrogen-bond donors (Lipinski definition) is 1. The maximum absolute atomic E-state index is 10.5. The molecule has 4 nitrogen and oxygen atoms in total. The number of benzene rings is 1. The molecule has 0 spiro atoms. The number of primary amides is 1. The minimum atomic E-state index is -0.852. The van der Waals surface area contributed by atoms with E-state index in [0.717, 1.165) is 15.7 Å². The van der Waals surface area contributed by atoms with Gasteiger partial charge in [-0.25, -0.2) is 9.78 Å². The summed E-state index contributed by atoms with van der Waals surface area (Å²) in [6.45, 7) is 0. The molecule has 0 aliphatic heterocycles. The van der Waals surface area contributed by atoms with Crippen LogP contribution < -0.4 is 10.5 Å². The molecule has 1 amide bonds. The van der Waals surface area contributed by atoms with Crippen molar-refractivity contribution in [3.05, 3.63) is 34.1 Å². The number of nitrogens with zero attached hydrogens (tertiary/aromatic N) is 1. The highest BCUT2D eigenvalue weighted by Crippen LogP contribution is 2.27. The summed E-state index contributed by atoms with van der Waals surface area (Å²) in [4.78, 5) is 14.7. The Morgan fingerprint density at radius 2 is 2.31 bits per heavy atom. The van der Waals surface area contributed by atoms with Gasteiger partial charge in [-0.15, -0.1) is 0 Å². The first-order chi connectivity index (χ1) is 7.65. The van der Waals surface area contributed by atoms with Crippen LogP contribution in [0.1, 0.15) is 0 Å². The average molecular weight is 299 g/mol. The van der Waals surface area contributed by atoms with Crippen molar-refractivity contribution in [2.24, 2.45) is 5.73 Å². The third-order valence-corrected chi connectivity index (χ3v) is 3.00. The summed E-state index contributed by atoms with van der Waals surface area (Å²) in [5.74, 6) is 0. The first-order valence-electron chi connectivity index (χ1n) is 4.34. The molecule has 0 atom stereocenters. The molecule has 2 aromatic rings. The molecule has 0 aliphatic rings. The molecule has 82 valence electrons. The van der Waals surface area contributed by atoms with Crippen LogP contribution in [0.25, 0.3) is 11.3 Å². The van der Waals surface area contributed by atoms with Gasteiger partial charge in [0.15, 0.2) is 0 Å². The van der Waals surface area contributed by atoms with Crippen LogP contribution in [0.2, 0.25) is 0 Å². The van der Waals surface area contributed by atoms with Gasteiger partial charge < -0.3 is 10.5 Å². The van der Waals surface area contributed by atoms with Crippen LogP contribution in [-0.2, 0) is 0 Å². The fourth-order valence-corrected chi connectivity index (χ4v) is 2.25. The summed E-state index contributed by atoms with van der Waals surface area (Å²) in [6, 6.07) is 7.70. The molecule has 1 aromatic heterocycles. The third-order valence-electron chi connectivity index (χ3n) is 1.79. The van der Waals surface area contributed by atoms with E-state index in [4.69, 9.17) is 5.73 Å². The van der Waals surface area contributed by atoms with Crippen molar-refractivity contribution in [2.75, 3.05) is 0 Å². The molecule has 2 rings (SSSR count). The lowest BCUT2D eigenvalue weighted by Crippen LogP contribution is -2.15. The van der Waals surface area contributed by atoms with Crippen molar-refractivity contribution in [2.45, 2.75) is 0 Å². The first-order valence-corrected chi connectivity index (χ1v) is 6.01. The normalized spacial score (nSPS) is 10.1. The number of carbonyl (C=O) groups excluding carboxylic acids is 1. The molecule has 0 unspecified atom stereocenters. The number of carbonyl (C=O) groups is 1. The van der Waals surface area contributed by atoms with Crippen LogP contribution in [0.4, 0.5) is 4.79 Å². The van der Waals surface area contributed by atoms with Gasteiger partial charge in [0, 0.05) is 15.4 Å². The highest BCUT2D eigenvalue weighted by Gasteiger charge is 2.07. The molecule has 2 N–H and O–H groups in total. The zero-order valence-electron chi connectivity index (χ0n) is 8.01. The van der Waals surface area contributed by atoms with E-state index in [-0.39, 0.29) is 5.19 Å². The topological polar surface area (TPSA) is 65.2 Å². The van der Waals surface area contributed by atoms with E-state index < -0.39 is 6.09 Å². The second-order valence-electron chi connectivity index (χ2n) is 2.93. The molecule has 0 aliphatic carbocycles. The molecule has 0 fully saturated rings. The van der Waals surface area contributed by atoms with Crippen LogP contribution >= 0.6 is 27.3 Å². The van der Waals surface area contributed by atoms with Crippen LogP contribution in [0.15, 0.2) is 34.1 Å². The minimum Gasteiger partial charge on any atom is -0.381 e. The minimum absolute atomic E-state index is 0.252. The molecule has 16 heavy (non-hydrogen) atoms. The number of aromatic nitrogens is 1. The van der Waals surface area contributed by atoms with E-state index in [9.17, 15) is 4.79 Å². The van der Waals surface area contributed by atoms with Gasteiger partial charge in [-0.2, -0.15) is 0 Å². The van der Waals surface area contributed by atoms with E-state index in [1.54, 1.807) is 5.38 Å². The molecular weight excluding hydrogens is 292 g/mol. The van der Waals surface area contributed by atoms with Crippen molar-refractivity contribution >= 4 is 33.4 Å². The maximum Gasteiger partial charge on any atom is 0.411 e. The Morgan fingerprint density at radius 3 is 3.00 bits per heavy atom. The van der Waals surface area contributed by atoms with Crippen molar-refractivity contribution < 1.29 is 9.53 Å². The second-order valence-corrected chi connectivity index (χ2v) is 4.67. The Hall–Kier alpha value is -1.40. The fourth-order valence-electron chi connectivity index (χ4n) is 1.17. The quantitative estimate of drug-likeness (QED) is 0.927. The van der Waals surface area contributed by atoms with Gasteiger partial charge in [-0.05, 0) is 12.1 Å². The predicted molar refractivity (Wildman–Crippen MR) is 65.5 cm³/mol. The Balaban J connectivity index is 2.28. The van der Waals surface area contributed by atoms with Gasteiger partial charge in [0.1, 0.15) is 0 Å². The smallest absolute Gasteiger partial charge is 0.381 e. The highest BCUT2D eigenvalue weighted by molar-refractivity contribution is 9.10. The second kappa shape index (κ2) is 4.63. The van der Waals surface area contributed by atoms with E-state index >= 15 is 0 Å². The van der Waals surface area contributed by atoms with Gasteiger partial charge in [0.05, 0.1) is 5.69 Å². The van der Waals surface area contributed by atoms with Crippen molar-refractivity contribution in [3.8, 4) is 16.5 Å². The Labute approximate surface area is 104 Å². The predicted octanol–water partition coefficient (Wildman–Crippen LogP) is 3.03. The summed E-state index contributed by atoms with van der Waals surface area (Å²) < 4.78 is 5.65. The zero-order valence-corrected chi connectivity index (χ0v) is 10.4. The molecule has 1 heterocycles. The molecule has 6 heteroatoms. The van der Waals surface area contributed by atoms with Gasteiger partial charge >= 0.3 is 6.09 Å². The molecule has 0 saturated heterocycles. The average Bonchev–Trinajstić information content (AvgIpc) is 2.65. The van der Waals surface area contributed by atoms with Crippen molar-refractivity contribution in [3.63, 3.8) is 0 Å². The maximum atomic E-state index is 10.5. The fraction of sp³-hybridized carbons (Fsp3) is 0. The number of rotatable bonds is 2. The van der Waals surface area contributed by atoms with Crippen molar-refractivity contribution in [1.29, 1.82) is 0 Å². The standard InChI is InChI=1S/C10H7BrN2O2S/c11-7-3-1-2-6(4-7)8-5-16-10(13-8)15-9(12)14/h1-5H,(H2,12,14). The lowest BCUT2D eigenvalue weighted by atomic mass is 10.2. The highest BCUT2D eigenvalue weighted by atomic mass is 79.9. The number of amides is 1. The zero-order chi connectivity index (χ0) is 11.5. The summed E-state index contributed by atoms with van der Waals surface area (Å²) >= 11 is 4.61. The van der Waals surface area contributed by atoms with Crippen molar-refractivity contribution in [1.82, 2.24) is 4.98 Å². The Morgan fingerprint density at radius 1 is 1.50 bits per heavy atom. The Bertz CT molecular complexity index is 527. The number of nitrogens with two attached hydrogens (primary N) is 1. The lowest BCUT2D eigenvalue weighted by Gasteiger charge is -1.96. The summed E-state index contributed by atoms with van der Waals surface area (Å²) in [6.07, 6.45) is -0.852. The molecular formula is C10H7BrN2O2S.